The van der Waals surface area contributed by atoms with Crippen molar-refractivity contribution in [1.29, 1.82) is 0 Å². The predicted molar refractivity (Wildman–Crippen MR) is 119 cm³/mol. The van der Waals surface area contributed by atoms with E-state index in [1.54, 1.807) is 22.2 Å². The molecule has 0 bridgehead atoms. The SMILES string of the molecule is Cc1sc2nc(CN3CCCC3)nc(N3CCN(c4cnn(C)c4)C(=O)C3)c2c1C. The first-order valence-electron chi connectivity index (χ1n) is 10.5. The largest absolute Gasteiger partial charge is 0.345 e. The van der Waals surface area contributed by atoms with Crippen LogP contribution in [-0.2, 0) is 18.4 Å². The molecule has 0 unspecified atom stereocenters. The number of rotatable bonds is 4. The van der Waals surface area contributed by atoms with Gasteiger partial charge in [-0.25, -0.2) is 9.97 Å². The molecule has 0 aliphatic carbocycles. The van der Waals surface area contributed by atoms with E-state index in [9.17, 15) is 4.79 Å². The molecule has 3 aromatic heterocycles. The first-order valence-corrected chi connectivity index (χ1v) is 11.3. The number of carbonyl (C=O) groups excluding carboxylic acids is 1. The summed E-state index contributed by atoms with van der Waals surface area (Å²) in [6.07, 6.45) is 6.13. The second-order valence-corrected chi connectivity index (χ2v) is 9.45. The quantitative estimate of drug-likeness (QED) is 0.640. The van der Waals surface area contributed by atoms with Crippen molar-refractivity contribution in [2.75, 3.05) is 42.5 Å². The number of thiophene rings is 1. The van der Waals surface area contributed by atoms with Crippen molar-refractivity contribution in [2.24, 2.45) is 7.05 Å². The molecular formula is C21H27N7OS. The lowest BCUT2D eigenvalue weighted by Crippen LogP contribution is -2.51. The minimum Gasteiger partial charge on any atom is -0.345 e. The van der Waals surface area contributed by atoms with Crippen molar-refractivity contribution < 1.29 is 4.79 Å². The third-order valence-corrected chi connectivity index (χ3v) is 7.24. The summed E-state index contributed by atoms with van der Waals surface area (Å²) in [6.45, 7) is 8.96. The number of carbonyl (C=O) groups is 1. The molecule has 0 N–H and O–H groups in total. The van der Waals surface area contributed by atoms with Gasteiger partial charge >= 0.3 is 0 Å². The van der Waals surface area contributed by atoms with Crippen LogP contribution < -0.4 is 9.80 Å². The van der Waals surface area contributed by atoms with Crippen molar-refractivity contribution >= 4 is 39.0 Å². The molecule has 158 valence electrons. The molecule has 5 rings (SSSR count). The zero-order chi connectivity index (χ0) is 20.8. The first-order chi connectivity index (χ1) is 14.5. The fourth-order valence-corrected chi connectivity index (χ4v) is 5.43. The second kappa shape index (κ2) is 7.63. The number of fused-ring (bicyclic) bond motifs is 1. The lowest BCUT2D eigenvalue weighted by atomic mass is 10.2. The summed E-state index contributed by atoms with van der Waals surface area (Å²) in [6, 6.07) is 0. The minimum absolute atomic E-state index is 0.0757. The third-order valence-electron chi connectivity index (χ3n) is 6.14. The summed E-state index contributed by atoms with van der Waals surface area (Å²) in [5.41, 5.74) is 2.08. The van der Waals surface area contributed by atoms with Crippen LogP contribution >= 0.6 is 11.3 Å². The summed E-state index contributed by atoms with van der Waals surface area (Å²) < 4.78 is 1.73. The highest BCUT2D eigenvalue weighted by Gasteiger charge is 2.29. The number of hydrogen-bond acceptors (Lipinski definition) is 7. The van der Waals surface area contributed by atoms with Crippen LogP contribution in [0.5, 0.6) is 0 Å². The zero-order valence-electron chi connectivity index (χ0n) is 17.8. The highest BCUT2D eigenvalue weighted by molar-refractivity contribution is 7.18. The number of likely N-dealkylation sites (tertiary alicyclic amines) is 1. The summed E-state index contributed by atoms with van der Waals surface area (Å²) in [5, 5.41) is 5.31. The fourth-order valence-electron chi connectivity index (χ4n) is 4.39. The number of piperazine rings is 1. The fraction of sp³-hybridized carbons (Fsp3) is 0.524. The number of aryl methyl sites for hydroxylation is 3. The molecule has 3 aromatic rings. The number of nitrogens with zero attached hydrogens (tertiary/aromatic N) is 7. The van der Waals surface area contributed by atoms with E-state index in [2.05, 4.69) is 28.7 Å². The molecule has 0 spiro atoms. The Hall–Kier alpha value is -2.52. The van der Waals surface area contributed by atoms with E-state index in [0.29, 0.717) is 13.1 Å². The average molecular weight is 426 g/mol. The Morgan fingerprint density at radius 1 is 1.10 bits per heavy atom. The van der Waals surface area contributed by atoms with Crippen LogP contribution in [0.2, 0.25) is 0 Å². The number of anilines is 2. The highest BCUT2D eigenvalue weighted by Crippen LogP contribution is 2.36. The predicted octanol–water partition coefficient (Wildman–Crippen LogP) is 2.49. The molecule has 2 fully saturated rings. The number of hydrogen-bond donors (Lipinski definition) is 0. The first kappa shape index (κ1) is 19.4. The van der Waals surface area contributed by atoms with Crippen molar-refractivity contribution in [1.82, 2.24) is 24.6 Å². The molecule has 2 aliphatic heterocycles. The molecule has 1 amide bonds. The monoisotopic (exact) mass is 425 g/mol. The lowest BCUT2D eigenvalue weighted by Gasteiger charge is -2.34. The Morgan fingerprint density at radius 2 is 1.90 bits per heavy atom. The van der Waals surface area contributed by atoms with Crippen molar-refractivity contribution in [3.05, 3.63) is 28.7 Å². The van der Waals surface area contributed by atoms with Crippen molar-refractivity contribution in [2.45, 2.75) is 33.2 Å². The summed E-state index contributed by atoms with van der Waals surface area (Å²) in [7, 11) is 1.87. The lowest BCUT2D eigenvalue weighted by molar-refractivity contribution is -0.117. The van der Waals surface area contributed by atoms with Crippen molar-refractivity contribution in [3.8, 4) is 0 Å². The third kappa shape index (κ3) is 3.45. The van der Waals surface area contributed by atoms with Crippen LogP contribution in [0.4, 0.5) is 11.5 Å². The molecule has 5 heterocycles. The van der Waals surface area contributed by atoms with Gasteiger partial charge in [0.2, 0.25) is 5.91 Å². The molecule has 0 atom stereocenters. The van der Waals surface area contributed by atoms with Gasteiger partial charge in [0.1, 0.15) is 16.5 Å². The van der Waals surface area contributed by atoms with Gasteiger partial charge in [-0.15, -0.1) is 11.3 Å². The molecule has 0 saturated carbocycles. The van der Waals surface area contributed by atoms with Gasteiger partial charge in [0.05, 0.1) is 30.4 Å². The van der Waals surface area contributed by atoms with Crippen molar-refractivity contribution in [3.63, 3.8) is 0 Å². The summed E-state index contributed by atoms with van der Waals surface area (Å²) in [4.78, 5) is 31.5. The van der Waals surface area contributed by atoms with Gasteiger partial charge in [0.15, 0.2) is 0 Å². The van der Waals surface area contributed by atoms with E-state index < -0.39 is 0 Å². The van der Waals surface area contributed by atoms with Crippen LogP contribution in [0.25, 0.3) is 10.2 Å². The molecular weight excluding hydrogens is 398 g/mol. The van der Waals surface area contributed by atoms with Gasteiger partial charge in [0, 0.05) is 31.2 Å². The van der Waals surface area contributed by atoms with E-state index >= 15 is 0 Å². The standard InChI is InChI=1S/C21H27N7OS/c1-14-15(2)30-21-19(14)20(23-17(24-21)12-26-6-4-5-7-26)27-8-9-28(18(29)13-27)16-10-22-25(3)11-16/h10-11H,4-9,12-13H2,1-3H3. The topological polar surface area (TPSA) is 70.4 Å². The van der Waals surface area contributed by atoms with Gasteiger partial charge in [-0.05, 0) is 45.3 Å². The zero-order valence-corrected chi connectivity index (χ0v) is 18.6. The maximum absolute atomic E-state index is 13.0. The van der Waals surface area contributed by atoms with E-state index in [1.165, 1.54) is 23.3 Å². The Bertz CT molecular complexity index is 1100. The van der Waals surface area contributed by atoms with E-state index in [0.717, 1.165) is 53.7 Å². The van der Waals surface area contributed by atoms with Gasteiger partial charge < -0.3 is 9.80 Å². The second-order valence-electron chi connectivity index (χ2n) is 8.25. The molecule has 8 nitrogen and oxygen atoms in total. The Morgan fingerprint density at radius 3 is 2.60 bits per heavy atom. The van der Waals surface area contributed by atoms with Gasteiger partial charge in [-0.3, -0.25) is 14.4 Å². The number of aromatic nitrogens is 4. The molecule has 2 saturated heterocycles. The Labute approximate surface area is 180 Å². The molecule has 0 radical (unpaired) electrons. The molecule has 2 aliphatic rings. The average Bonchev–Trinajstić information content (AvgIpc) is 3.44. The van der Waals surface area contributed by atoms with E-state index in [4.69, 9.17) is 9.97 Å². The van der Waals surface area contributed by atoms with E-state index in [1.807, 2.05) is 18.1 Å². The van der Waals surface area contributed by atoms with Crippen LogP contribution in [0.1, 0.15) is 29.1 Å². The van der Waals surface area contributed by atoms with Crippen LogP contribution in [0.3, 0.4) is 0 Å². The Kier molecular flexibility index (Phi) is 4.94. The van der Waals surface area contributed by atoms with Gasteiger partial charge in [-0.1, -0.05) is 0 Å². The Balaban J connectivity index is 1.47. The van der Waals surface area contributed by atoms with Crippen LogP contribution in [-0.4, -0.2) is 63.3 Å². The smallest absolute Gasteiger partial charge is 0.246 e. The van der Waals surface area contributed by atoms with Gasteiger partial charge in [0.25, 0.3) is 0 Å². The van der Waals surface area contributed by atoms with E-state index in [-0.39, 0.29) is 5.91 Å². The summed E-state index contributed by atoms with van der Waals surface area (Å²) in [5.74, 6) is 1.85. The van der Waals surface area contributed by atoms with Gasteiger partial charge in [-0.2, -0.15) is 5.10 Å². The summed E-state index contributed by atoms with van der Waals surface area (Å²) >= 11 is 1.73. The maximum atomic E-state index is 13.0. The molecule has 30 heavy (non-hydrogen) atoms. The number of amides is 1. The minimum atomic E-state index is 0.0757. The highest BCUT2D eigenvalue weighted by atomic mass is 32.1. The molecule has 9 heteroatoms. The normalized spacial score (nSPS) is 18.2. The van der Waals surface area contributed by atoms with Crippen LogP contribution in [0, 0.1) is 13.8 Å². The maximum Gasteiger partial charge on any atom is 0.246 e. The van der Waals surface area contributed by atoms with Crippen LogP contribution in [0.15, 0.2) is 12.4 Å². The molecule has 0 aromatic carbocycles.